The molecule has 8 nitrogen and oxygen atoms in total. The third-order valence-corrected chi connectivity index (χ3v) is 4.66. The molecule has 31 heavy (non-hydrogen) atoms. The van der Waals surface area contributed by atoms with Crippen LogP contribution < -0.4 is 33.8 Å². The van der Waals surface area contributed by atoms with Gasteiger partial charge in [-0.15, -0.1) is 0 Å². The zero-order valence-corrected chi connectivity index (χ0v) is 18.5. The third kappa shape index (κ3) is 3.93. The molecule has 3 rings (SSSR count). The second-order valence-electron chi connectivity index (χ2n) is 6.34. The van der Waals surface area contributed by atoms with Gasteiger partial charge in [-0.25, -0.2) is 0 Å². The van der Waals surface area contributed by atoms with Crippen molar-refractivity contribution >= 4 is 11.0 Å². The Bertz CT molecular complexity index is 1130. The zero-order valence-electron chi connectivity index (χ0n) is 18.5. The fourth-order valence-corrected chi connectivity index (χ4v) is 3.33. The molecule has 0 radical (unpaired) electrons. The van der Waals surface area contributed by atoms with Crippen LogP contribution in [0.15, 0.2) is 33.5 Å². The Hall–Kier alpha value is -3.55. The molecular weight excluding hydrogens is 404 g/mol. The molecule has 166 valence electrons. The van der Waals surface area contributed by atoms with E-state index in [1.165, 1.54) is 21.3 Å². The first-order chi connectivity index (χ1) is 15.0. The number of methoxy groups -OCH3 is 4. The van der Waals surface area contributed by atoms with Gasteiger partial charge in [0.1, 0.15) is 11.0 Å². The molecule has 0 atom stereocenters. The summed E-state index contributed by atoms with van der Waals surface area (Å²) in [6.07, 6.45) is 0. The molecule has 0 fully saturated rings. The molecule has 0 aliphatic heterocycles. The lowest BCUT2D eigenvalue weighted by Gasteiger charge is -2.18. The van der Waals surface area contributed by atoms with Gasteiger partial charge in [-0.3, -0.25) is 4.79 Å². The highest BCUT2D eigenvalue weighted by molar-refractivity contribution is 5.92. The first kappa shape index (κ1) is 22.1. The predicted octanol–water partition coefficient (Wildman–Crippen LogP) is 4.29. The van der Waals surface area contributed by atoms with E-state index in [0.717, 1.165) is 0 Å². The van der Waals surface area contributed by atoms with E-state index in [1.807, 2.05) is 13.8 Å². The second kappa shape index (κ2) is 9.51. The monoisotopic (exact) mass is 430 g/mol. The molecule has 0 amide bonds. The first-order valence-electron chi connectivity index (χ1n) is 9.78. The van der Waals surface area contributed by atoms with Gasteiger partial charge in [0.05, 0.1) is 41.7 Å². The smallest absolute Gasteiger partial charge is 0.239 e. The molecular formula is C23H26O8. The number of rotatable bonds is 9. The minimum atomic E-state index is -0.388. The fraction of sp³-hybridized carbons (Fsp3) is 0.348. The average molecular weight is 430 g/mol. The summed E-state index contributed by atoms with van der Waals surface area (Å²) in [6, 6.07) is 6.79. The number of hydrogen-bond donors (Lipinski definition) is 0. The standard InChI is InChI=1S/C23H26O8/c1-7-29-21-17(27-5)12-16-18(22(21)30-8-2)19(24)23(28-6)20(31-16)13-9-10-14(25-3)15(11-13)26-4/h9-12H,7-8H2,1-6H3. The number of ether oxygens (including phenoxy) is 6. The Labute approximate surface area is 180 Å². The van der Waals surface area contributed by atoms with E-state index >= 15 is 0 Å². The first-order valence-corrected chi connectivity index (χ1v) is 9.78. The van der Waals surface area contributed by atoms with Crippen LogP contribution in [-0.4, -0.2) is 41.7 Å². The molecule has 0 spiro atoms. The average Bonchev–Trinajstić information content (AvgIpc) is 2.79. The van der Waals surface area contributed by atoms with Gasteiger partial charge in [0.15, 0.2) is 28.8 Å². The van der Waals surface area contributed by atoms with Crippen molar-refractivity contribution in [1.29, 1.82) is 0 Å². The van der Waals surface area contributed by atoms with E-state index in [4.69, 9.17) is 32.8 Å². The molecule has 0 aliphatic carbocycles. The largest absolute Gasteiger partial charge is 0.493 e. The van der Waals surface area contributed by atoms with Crippen LogP contribution in [0.1, 0.15) is 13.8 Å². The van der Waals surface area contributed by atoms with Crippen LogP contribution in [0, 0.1) is 0 Å². The van der Waals surface area contributed by atoms with E-state index in [9.17, 15) is 4.79 Å². The maximum Gasteiger partial charge on any atom is 0.239 e. The molecule has 0 saturated heterocycles. The SMILES string of the molecule is CCOc1c(OC)cc2oc(-c3ccc(OC)c(OC)c3)c(OC)c(=O)c2c1OCC. The number of benzene rings is 2. The molecule has 8 heteroatoms. The van der Waals surface area contributed by atoms with Crippen LogP contribution in [0.3, 0.4) is 0 Å². The van der Waals surface area contributed by atoms with Gasteiger partial charge in [-0.05, 0) is 32.0 Å². The van der Waals surface area contributed by atoms with Gasteiger partial charge in [0, 0.05) is 11.6 Å². The van der Waals surface area contributed by atoms with Crippen molar-refractivity contribution < 1.29 is 32.8 Å². The van der Waals surface area contributed by atoms with Crippen LogP contribution in [0.2, 0.25) is 0 Å². The van der Waals surface area contributed by atoms with Crippen LogP contribution in [0.25, 0.3) is 22.3 Å². The predicted molar refractivity (Wildman–Crippen MR) is 116 cm³/mol. The Morgan fingerprint density at radius 2 is 1.39 bits per heavy atom. The maximum atomic E-state index is 13.5. The van der Waals surface area contributed by atoms with Gasteiger partial charge in [0.25, 0.3) is 0 Å². The van der Waals surface area contributed by atoms with Crippen molar-refractivity contribution in [3.8, 4) is 45.8 Å². The molecule has 0 bridgehead atoms. The van der Waals surface area contributed by atoms with Crippen LogP contribution in [0.5, 0.6) is 34.5 Å². The van der Waals surface area contributed by atoms with E-state index in [-0.39, 0.29) is 33.7 Å². The maximum absolute atomic E-state index is 13.5. The van der Waals surface area contributed by atoms with E-state index in [2.05, 4.69) is 0 Å². The molecule has 3 aromatic rings. The molecule has 1 heterocycles. The van der Waals surface area contributed by atoms with Gasteiger partial charge >= 0.3 is 0 Å². The third-order valence-electron chi connectivity index (χ3n) is 4.66. The Kier molecular flexibility index (Phi) is 6.79. The van der Waals surface area contributed by atoms with Gasteiger partial charge in [0.2, 0.25) is 16.9 Å². The van der Waals surface area contributed by atoms with Crippen molar-refractivity contribution in [3.63, 3.8) is 0 Å². The quantitative estimate of drug-likeness (QED) is 0.497. The Balaban J connectivity index is 2.38. The summed E-state index contributed by atoms with van der Waals surface area (Å²) in [7, 11) is 6.00. The molecule has 0 N–H and O–H groups in total. The zero-order chi connectivity index (χ0) is 22.5. The summed E-state index contributed by atoms with van der Waals surface area (Å²) in [4.78, 5) is 13.5. The Morgan fingerprint density at radius 3 is 1.97 bits per heavy atom. The van der Waals surface area contributed by atoms with Crippen molar-refractivity contribution in [2.24, 2.45) is 0 Å². The summed E-state index contributed by atoms with van der Waals surface area (Å²) < 4.78 is 39.2. The molecule has 2 aromatic carbocycles. The molecule has 0 saturated carbocycles. The van der Waals surface area contributed by atoms with Crippen LogP contribution in [-0.2, 0) is 0 Å². The highest BCUT2D eigenvalue weighted by atomic mass is 16.5. The summed E-state index contributed by atoms with van der Waals surface area (Å²) in [6.45, 7) is 4.34. The van der Waals surface area contributed by atoms with Crippen molar-refractivity contribution in [2.75, 3.05) is 41.7 Å². The highest BCUT2D eigenvalue weighted by Gasteiger charge is 2.26. The molecule has 0 unspecified atom stereocenters. The normalized spacial score (nSPS) is 10.6. The van der Waals surface area contributed by atoms with Crippen LogP contribution in [0.4, 0.5) is 0 Å². The van der Waals surface area contributed by atoms with Crippen LogP contribution >= 0.6 is 0 Å². The lowest BCUT2D eigenvalue weighted by atomic mass is 10.1. The molecule has 1 aromatic heterocycles. The van der Waals surface area contributed by atoms with Gasteiger partial charge in [-0.1, -0.05) is 0 Å². The fourth-order valence-electron chi connectivity index (χ4n) is 3.33. The molecule has 0 aliphatic rings. The summed E-state index contributed by atoms with van der Waals surface area (Å²) in [5.74, 6) is 2.31. The van der Waals surface area contributed by atoms with E-state index < -0.39 is 0 Å². The van der Waals surface area contributed by atoms with Gasteiger partial charge < -0.3 is 32.8 Å². The lowest BCUT2D eigenvalue weighted by molar-refractivity contribution is 0.274. The number of fused-ring (bicyclic) bond motifs is 1. The topological polar surface area (TPSA) is 85.6 Å². The van der Waals surface area contributed by atoms with Gasteiger partial charge in [-0.2, -0.15) is 0 Å². The van der Waals surface area contributed by atoms with Crippen molar-refractivity contribution in [1.82, 2.24) is 0 Å². The Morgan fingerprint density at radius 1 is 0.742 bits per heavy atom. The lowest BCUT2D eigenvalue weighted by Crippen LogP contribution is -2.11. The van der Waals surface area contributed by atoms with E-state index in [0.29, 0.717) is 41.8 Å². The van der Waals surface area contributed by atoms with Crippen molar-refractivity contribution in [3.05, 3.63) is 34.5 Å². The van der Waals surface area contributed by atoms with Crippen molar-refractivity contribution in [2.45, 2.75) is 13.8 Å². The van der Waals surface area contributed by atoms with E-state index in [1.54, 1.807) is 31.4 Å². The highest BCUT2D eigenvalue weighted by Crippen LogP contribution is 2.45. The minimum absolute atomic E-state index is 0.0355. The minimum Gasteiger partial charge on any atom is -0.493 e. The second-order valence-corrected chi connectivity index (χ2v) is 6.34. The summed E-state index contributed by atoms with van der Waals surface area (Å²) in [5, 5.41) is 0.215. The number of hydrogen-bond acceptors (Lipinski definition) is 8. The summed E-state index contributed by atoms with van der Waals surface area (Å²) in [5.41, 5.74) is 0.472. The summed E-state index contributed by atoms with van der Waals surface area (Å²) >= 11 is 0.